The van der Waals surface area contributed by atoms with Crippen molar-refractivity contribution in [3.05, 3.63) is 29.8 Å². The molecule has 198 valence electrons. The van der Waals surface area contributed by atoms with E-state index in [9.17, 15) is 29.1 Å². The molecule has 2 rings (SSSR count). The van der Waals surface area contributed by atoms with Crippen LogP contribution in [0.1, 0.15) is 24.8 Å². The average Bonchev–Trinajstić information content (AvgIpc) is 3.35. The zero-order valence-corrected chi connectivity index (χ0v) is 21.0. The first-order valence-electron chi connectivity index (χ1n) is 11.6. The normalized spacial score (nSPS) is 16.6. The van der Waals surface area contributed by atoms with Crippen LogP contribution in [-0.2, 0) is 30.4 Å². The van der Waals surface area contributed by atoms with E-state index >= 15 is 0 Å². The molecule has 0 bridgehead atoms. The van der Waals surface area contributed by atoms with E-state index in [1.54, 1.807) is 12.1 Å². The fourth-order valence-corrected chi connectivity index (χ4v) is 4.22. The van der Waals surface area contributed by atoms with Gasteiger partial charge in [-0.1, -0.05) is 12.1 Å². The zero-order chi connectivity index (χ0) is 26.7. The molecule has 36 heavy (non-hydrogen) atoms. The minimum Gasteiger partial charge on any atom is -0.508 e. The van der Waals surface area contributed by atoms with Gasteiger partial charge in [-0.3, -0.25) is 24.0 Å². The number of amides is 5. The van der Waals surface area contributed by atoms with Crippen LogP contribution in [0, 0.1) is 0 Å². The third-order valence-electron chi connectivity index (χ3n) is 5.73. The number of carbonyl (C=O) groups excluding carboxylic acids is 5. The molecule has 1 aromatic carbocycles. The molecule has 0 aliphatic carbocycles. The van der Waals surface area contributed by atoms with Crippen molar-refractivity contribution in [2.24, 2.45) is 11.5 Å². The number of benzene rings is 1. The van der Waals surface area contributed by atoms with Crippen LogP contribution in [0.25, 0.3) is 0 Å². The highest BCUT2D eigenvalue weighted by Gasteiger charge is 2.32. The smallest absolute Gasteiger partial charge is 0.243 e. The Balaban J connectivity index is 1.82. The van der Waals surface area contributed by atoms with E-state index < -0.39 is 54.2 Å². The second-order valence-corrected chi connectivity index (χ2v) is 9.45. The number of hydrogen-bond acceptors (Lipinski definition) is 8. The summed E-state index contributed by atoms with van der Waals surface area (Å²) in [6.45, 7) is -0.321. The van der Waals surface area contributed by atoms with E-state index in [1.807, 2.05) is 6.26 Å². The Labute approximate surface area is 213 Å². The van der Waals surface area contributed by atoms with Gasteiger partial charge < -0.3 is 37.4 Å². The molecule has 0 unspecified atom stereocenters. The maximum atomic E-state index is 12.7. The number of nitrogens with one attached hydrogen (secondary N) is 3. The number of nitrogens with two attached hydrogens (primary N) is 2. The summed E-state index contributed by atoms with van der Waals surface area (Å²) in [6, 6.07) is 3.82. The fraction of sp³-hybridized carbons (Fsp3) is 0.522. The molecule has 1 heterocycles. The predicted octanol–water partition coefficient (Wildman–Crippen LogP) is -1.79. The Morgan fingerprint density at radius 1 is 1.11 bits per heavy atom. The largest absolute Gasteiger partial charge is 0.508 e. The minimum atomic E-state index is -0.914. The van der Waals surface area contributed by atoms with Crippen LogP contribution in [0.15, 0.2) is 24.3 Å². The van der Waals surface area contributed by atoms with Crippen molar-refractivity contribution in [3.63, 3.8) is 0 Å². The highest BCUT2D eigenvalue weighted by Crippen LogP contribution is 2.16. The SMILES string of the molecule is CSCC[C@@H](NC(=O)[C@@H](N)Cc1ccc(O)cc1)C(=O)NCC(=O)NCC(=O)N1CCC[C@H]1C(N)=O. The second-order valence-electron chi connectivity index (χ2n) is 8.46. The van der Waals surface area contributed by atoms with E-state index in [1.165, 1.54) is 28.8 Å². The molecule has 8 N–H and O–H groups in total. The third-order valence-corrected chi connectivity index (χ3v) is 6.38. The molecule has 0 saturated carbocycles. The molecule has 13 heteroatoms. The molecule has 3 atom stereocenters. The zero-order valence-electron chi connectivity index (χ0n) is 20.2. The van der Waals surface area contributed by atoms with Gasteiger partial charge in [-0.15, -0.1) is 0 Å². The number of aromatic hydroxyl groups is 1. The van der Waals surface area contributed by atoms with Crippen molar-refractivity contribution in [2.75, 3.05) is 31.6 Å². The van der Waals surface area contributed by atoms with Crippen LogP contribution in [0.5, 0.6) is 5.75 Å². The molecule has 0 radical (unpaired) electrons. The molecule has 1 aliphatic rings. The number of likely N-dealkylation sites (tertiary alicyclic amines) is 1. The maximum Gasteiger partial charge on any atom is 0.243 e. The van der Waals surface area contributed by atoms with Gasteiger partial charge in [-0.25, -0.2) is 0 Å². The van der Waals surface area contributed by atoms with Crippen LogP contribution in [-0.4, -0.2) is 89.3 Å². The van der Waals surface area contributed by atoms with Gasteiger partial charge in [-0.05, 0) is 55.4 Å². The minimum absolute atomic E-state index is 0.102. The molecule has 1 saturated heterocycles. The first-order valence-corrected chi connectivity index (χ1v) is 13.0. The number of thioether (sulfide) groups is 1. The van der Waals surface area contributed by atoms with Crippen molar-refractivity contribution in [1.82, 2.24) is 20.9 Å². The second kappa shape index (κ2) is 14.3. The van der Waals surface area contributed by atoms with Crippen LogP contribution in [0.4, 0.5) is 0 Å². The summed E-state index contributed by atoms with van der Waals surface area (Å²) < 4.78 is 0. The summed E-state index contributed by atoms with van der Waals surface area (Å²) in [4.78, 5) is 62.5. The van der Waals surface area contributed by atoms with E-state index in [0.717, 1.165) is 5.56 Å². The van der Waals surface area contributed by atoms with Gasteiger partial charge in [0.25, 0.3) is 0 Å². The van der Waals surface area contributed by atoms with Crippen LogP contribution < -0.4 is 27.4 Å². The molecule has 12 nitrogen and oxygen atoms in total. The van der Waals surface area contributed by atoms with E-state index in [0.29, 0.717) is 31.6 Å². The Kier molecular flexibility index (Phi) is 11.5. The molecule has 0 aromatic heterocycles. The van der Waals surface area contributed by atoms with Crippen LogP contribution in [0.3, 0.4) is 0 Å². The Morgan fingerprint density at radius 2 is 1.81 bits per heavy atom. The van der Waals surface area contributed by atoms with Gasteiger partial charge in [0.05, 0.1) is 19.1 Å². The van der Waals surface area contributed by atoms with E-state index in [4.69, 9.17) is 11.5 Å². The van der Waals surface area contributed by atoms with Crippen LogP contribution in [0.2, 0.25) is 0 Å². The number of hydrogen-bond donors (Lipinski definition) is 6. The summed E-state index contributed by atoms with van der Waals surface area (Å²) >= 11 is 1.50. The van der Waals surface area contributed by atoms with Crippen molar-refractivity contribution >= 4 is 41.3 Å². The lowest BCUT2D eigenvalue weighted by atomic mass is 10.1. The van der Waals surface area contributed by atoms with E-state index in [-0.39, 0.29) is 18.7 Å². The topological polar surface area (TPSA) is 197 Å². The Hall–Kier alpha value is -3.32. The third kappa shape index (κ3) is 9.04. The lowest BCUT2D eigenvalue weighted by molar-refractivity contribution is -0.137. The van der Waals surface area contributed by atoms with Gasteiger partial charge in [0.15, 0.2) is 0 Å². The van der Waals surface area contributed by atoms with Gasteiger partial charge in [0.1, 0.15) is 17.8 Å². The fourth-order valence-electron chi connectivity index (χ4n) is 3.75. The van der Waals surface area contributed by atoms with E-state index in [2.05, 4.69) is 16.0 Å². The summed E-state index contributed by atoms with van der Waals surface area (Å²) in [7, 11) is 0. The molecular formula is C23H34N6O6S. The van der Waals surface area contributed by atoms with Gasteiger partial charge in [0, 0.05) is 6.54 Å². The standard InChI is InChI=1S/C23H34N6O6S/c1-36-10-8-17(28-22(34)16(24)11-14-4-6-15(30)7-5-14)23(35)27-12-19(31)26-13-20(32)29-9-2-3-18(29)21(25)33/h4-7,16-18,30H,2-3,8-13,24H2,1H3,(H2,25,33)(H,26,31)(H,27,35)(H,28,34)/t16-,17+,18-/m0/s1. The number of carbonyl (C=O) groups is 5. The van der Waals surface area contributed by atoms with Crippen LogP contribution >= 0.6 is 11.8 Å². The highest BCUT2D eigenvalue weighted by atomic mass is 32.2. The van der Waals surface area contributed by atoms with Gasteiger partial charge >= 0.3 is 0 Å². The number of nitrogens with zero attached hydrogens (tertiary/aromatic N) is 1. The maximum absolute atomic E-state index is 12.7. The van der Waals surface area contributed by atoms with Crippen molar-refractivity contribution in [3.8, 4) is 5.75 Å². The lowest BCUT2D eigenvalue weighted by Crippen LogP contribution is -2.53. The molecule has 1 aliphatic heterocycles. The molecule has 1 aromatic rings. The summed E-state index contributed by atoms with van der Waals surface area (Å²) in [5.74, 6) is -1.99. The molecular weight excluding hydrogens is 488 g/mol. The summed E-state index contributed by atoms with van der Waals surface area (Å²) in [5.41, 5.74) is 12.1. The van der Waals surface area contributed by atoms with Gasteiger partial charge in [0.2, 0.25) is 29.5 Å². The first-order chi connectivity index (χ1) is 17.1. The van der Waals surface area contributed by atoms with Crippen molar-refractivity contribution in [2.45, 2.75) is 43.8 Å². The van der Waals surface area contributed by atoms with Crippen molar-refractivity contribution < 1.29 is 29.1 Å². The van der Waals surface area contributed by atoms with Gasteiger partial charge in [-0.2, -0.15) is 11.8 Å². The number of rotatable bonds is 13. The quantitative estimate of drug-likeness (QED) is 0.174. The Bertz CT molecular complexity index is 944. The molecule has 1 fully saturated rings. The Morgan fingerprint density at radius 3 is 2.44 bits per heavy atom. The van der Waals surface area contributed by atoms with Crippen molar-refractivity contribution in [1.29, 1.82) is 0 Å². The molecule has 0 spiro atoms. The monoisotopic (exact) mass is 522 g/mol. The number of primary amides is 1. The number of phenolic OH excluding ortho intramolecular Hbond substituents is 1. The molecule has 5 amide bonds. The number of phenols is 1. The average molecular weight is 523 g/mol. The predicted molar refractivity (Wildman–Crippen MR) is 135 cm³/mol. The summed E-state index contributed by atoms with van der Waals surface area (Å²) in [5, 5.41) is 16.9. The first kappa shape index (κ1) is 28.9. The highest BCUT2D eigenvalue weighted by molar-refractivity contribution is 7.98. The summed E-state index contributed by atoms with van der Waals surface area (Å²) in [6.07, 6.45) is 3.56. The lowest BCUT2D eigenvalue weighted by Gasteiger charge is -2.22.